The Bertz CT molecular complexity index is 1660. The number of amides is 1. The smallest absolute Gasteiger partial charge is 0.335 e. The van der Waals surface area contributed by atoms with E-state index >= 15 is 0 Å². The van der Waals surface area contributed by atoms with Gasteiger partial charge in [-0.05, 0) is 82.2 Å². The van der Waals surface area contributed by atoms with Crippen LogP contribution in [0.4, 0.5) is 0 Å². The lowest BCUT2D eigenvalue weighted by Crippen LogP contribution is -2.36. The Morgan fingerprint density at radius 3 is 2.56 bits per heavy atom. The quantitative estimate of drug-likeness (QED) is 0.255. The Balaban J connectivity index is 1.28. The monoisotopic (exact) mass is 551 g/mol. The molecule has 6 rings (SSSR count). The standard InChI is InChI=1S/C31H25N3O3S2/c1-18(20-8-10-22(11-9-20)31(36)37)32-30(35)25-16-24(26-12-13-38-33-26)17-28-29(25)27(34-39-28)15-19-6-7-21-4-2-3-5-23(21)14-19/h2-14,16-18,28-29H,15H2,1H3,(H,32,35)(H,36,37)/t18-,28?,29?/m0/s1. The van der Waals surface area contributed by atoms with Crippen LogP contribution in [0, 0.1) is 5.92 Å². The van der Waals surface area contributed by atoms with E-state index in [9.17, 15) is 14.7 Å². The second kappa shape index (κ2) is 10.6. The molecule has 1 aromatic heterocycles. The lowest BCUT2D eigenvalue weighted by molar-refractivity contribution is -0.118. The van der Waals surface area contributed by atoms with Crippen molar-refractivity contribution >= 4 is 57.4 Å². The van der Waals surface area contributed by atoms with Gasteiger partial charge in [0.05, 0.1) is 22.5 Å². The van der Waals surface area contributed by atoms with Crippen LogP contribution in [0.15, 0.2) is 100 Å². The molecule has 194 valence electrons. The zero-order valence-electron chi connectivity index (χ0n) is 21.1. The van der Waals surface area contributed by atoms with Crippen LogP contribution in [0.1, 0.15) is 40.1 Å². The molecule has 3 atom stereocenters. The van der Waals surface area contributed by atoms with Crippen LogP contribution < -0.4 is 5.32 Å². The number of nitrogens with one attached hydrogen (secondary N) is 1. The molecule has 0 saturated carbocycles. The maximum atomic E-state index is 13.8. The predicted octanol–water partition coefficient (Wildman–Crippen LogP) is 6.53. The molecule has 0 bridgehead atoms. The maximum Gasteiger partial charge on any atom is 0.335 e. The van der Waals surface area contributed by atoms with Gasteiger partial charge in [0.15, 0.2) is 0 Å². The fourth-order valence-corrected chi connectivity index (χ4v) is 6.71. The van der Waals surface area contributed by atoms with Gasteiger partial charge in [0.1, 0.15) is 0 Å². The van der Waals surface area contributed by atoms with Crippen LogP contribution in [0.3, 0.4) is 0 Å². The largest absolute Gasteiger partial charge is 0.478 e. The van der Waals surface area contributed by atoms with Gasteiger partial charge in [-0.2, -0.15) is 4.37 Å². The lowest BCUT2D eigenvalue weighted by atomic mass is 9.81. The van der Waals surface area contributed by atoms with E-state index in [-0.39, 0.29) is 28.7 Å². The van der Waals surface area contributed by atoms with Crippen molar-refractivity contribution in [3.05, 3.63) is 118 Å². The summed E-state index contributed by atoms with van der Waals surface area (Å²) >= 11 is 2.89. The summed E-state index contributed by atoms with van der Waals surface area (Å²) in [7, 11) is 0. The Kier molecular flexibility index (Phi) is 6.89. The fourth-order valence-electron chi connectivity index (χ4n) is 5.11. The van der Waals surface area contributed by atoms with E-state index in [1.54, 1.807) is 24.3 Å². The molecule has 2 N–H and O–H groups in total. The Hall–Kier alpha value is -4.01. The summed E-state index contributed by atoms with van der Waals surface area (Å²) in [6.07, 6.45) is 4.79. The molecule has 1 aliphatic carbocycles. The van der Waals surface area contributed by atoms with E-state index in [2.05, 4.69) is 46.1 Å². The molecule has 39 heavy (non-hydrogen) atoms. The molecule has 3 aromatic carbocycles. The van der Waals surface area contributed by atoms with E-state index in [0.717, 1.165) is 28.1 Å². The second-order valence-corrected chi connectivity index (χ2v) is 11.3. The van der Waals surface area contributed by atoms with Gasteiger partial charge in [-0.25, -0.2) is 9.19 Å². The Morgan fingerprint density at radius 1 is 1.03 bits per heavy atom. The van der Waals surface area contributed by atoms with Gasteiger partial charge in [-0.15, -0.1) is 0 Å². The average Bonchev–Trinajstić information content (AvgIpc) is 3.63. The van der Waals surface area contributed by atoms with Gasteiger partial charge in [0.2, 0.25) is 5.91 Å². The number of carboxylic acids is 1. The minimum Gasteiger partial charge on any atom is -0.478 e. The summed E-state index contributed by atoms with van der Waals surface area (Å²) in [5, 5.41) is 16.7. The van der Waals surface area contributed by atoms with Crippen LogP contribution in [0.25, 0.3) is 16.3 Å². The highest BCUT2D eigenvalue weighted by Crippen LogP contribution is 2.43. The van der Waals surface area contributed by atoms with E-state index in [1.807, 2.05) is 36.6 Å². The van der Waals surface area contributed by atoms with Gasteiger partial charge < -0.3 is 10.4 Å². The highest BCUT2D eigenvalue weighted by atomic mass is 32.2. The van der Waals surface area contributed by atoms with E-state index in [0.29, 0.717) is 12.0 Å². The Morgan fingerprint density at radius 2 is 1.82 bits per heavy atom. The first-order valence-corrected chi connectivity index (χ1v) is 14.3. The number of nitrogens with zero attached hydrogens (tertiary/aromatic N) is 2. The topological polar surface area (TPSA) is 91.7 Å². The van der Waals surface area contributed by atoms with Crippen molar-refractivity contribution in [3.63, 3.8) is 0 Å². The molecule has 0 radical (unpaired) electrons. The number of allylic oxidation sites excluding steroid dienone is 2. The molecule has 1 amide bonds. The first-order chi connectivity index (χ1) is 19.0. The third-order valence-electron chi connectivity index (χ3n) is 7.17. The van der Waals surface area contributed by atoms with Gasteiger partial charge in [-0.1, -0.05) is 60.7 Å². The molecule has 1 aliphatic heterocycles. The van der Waals surface area contributed by atoms with Crippen molar-refractivity contribution < 1.29 is 14.7 Å². The number of aromatic nitrogens is 1. The third kappa shape index (κ3) is 5.17. The summed E-state index contributed by atoms with van der Waals surface area (Å²) in [4.78, 5) is 25.0. The van der Waals surface area contributed by atoms with Crippen molar-refractivity contribution in [2.24, 2.45) is 10.3 Å². The highest BCUT2D eigenvalue weighted by molar-refractivity contribution is 7.99. The number of aromatic carboxylic acids is 1. The number of benzene rings is 3. The summed E-state index contributed by atoms with van der Waals surface area (Å²) in [6.45, 7) is 1.90. The van der Waals surface area contributed by atoms with Gasteiger partial charge in [0, 0.05) is 29.0 Å². The van der Waals surface area contributed by atoms with Crippen LogP contribution in [-0.4, -0.2) is 32.3 Å². The number of hydrogen-bond donors (Lipinski definition) is 2. The minimum absolute atomic E-state index is 0.00747. The van der Waals surface area contributed by atoms with Crippen molar-refractivity contribution in [2.75, 3.05) is 0 Å². The van der Waals surface area contributed by atoms with Crippen molar-refractivity contribution in [1.29, 1.82) is 0 Å². The van der Waals surface area contributed by atoms with Gasteiger partial charge in [0.25, 0.3) is 0 Å². The molecule has 0 spiro atoms. The zero-order valence-corrected chi connectivity index (χ0v) is 22.7. The van der Waals surface area contributed by atoms with Crippen molar-refractivity contribution in [2.45, 2.75) is 24.6 Å². The average molecular weight is 552 g/mol. The van der Waals surface area contributed by atoms with Gasteiger partial charge in [-0.3, -0.25) is 4.79 Å². The lowest BCUT2D eigenvalue weighted by Gasteiger charge is -2.27. The summed E-state index contributed by atoms with van der Waals surface area (Å²) in [6, 6.07) is 23.0. The zero-order chi connectivity index (χ0) is 26.9. The van der Waals surface area contributed by atoms with Crippen LogP contribution in [-0.2, 0) is 11.2 Å². The number of carbonyl (C=O) groups is 2. The van der Waals surface area contributed by atoms with Crippen molar-refractivity contribution in [1.82, 2.24) is 9.69 Å². The molecular formula is C31H25N3O3S2. The molecule has 2 aliphatic rings. The first-order valence-electron chi connectivity index (χ1n) is 12.6. The number of carbonyl (C=O) groups excluding carboxylic acids is 1. The van der Waals surface area contributed by atoms with Crippen LogP contribution >= 0.6 is 23.5 Å². The summed E-state index contributed by atoms with van der Waals surface area (Å²) < 4.78 is 9.36. The Labute approximate surface area is 234 Å². The third-order valence-corrected chi connectivity index (χ3v) is 8.72. The fraction of sp³-hybridized carbons (Fsp3) is 0.161. The molecule has 0 fully saturated rings. The van der Waals surface area contributed by atoms with Crippen LogP contribution in [0.5, 0.6) is 0 Å². The molecule has 6 nitrogen and oxygen atoms in total. The minimum atomic E-state index is -0.977. The number of fused-ring (bicyclic) bond motifs is 2. The molecule has 2 heterocycles. The summed E-state index contributed by atoms with van der Waals surface area (Å²) in [5.41, 5.74) is 5.64. The SMILES string of the molecule is C[C@H](NC(=O)C1=CC(c2ccsn2)=CC2SN=C(Cc3ccc4ccccc4c3)C12)c1ccc(C(=O)O)cc1. The van der Waals surface area contributed by atoms with E-state index in [4.69, 9.17) is 4.40 Å². The van der Waals surface area contributed by atoms with E-state index < -0.39 is 5.97 Å². The molecule has 8 heteroatoms. The summed E-state index contributed by atoms with van der Waals surface area (Å²) in [5.74, 6) is -1.28. The predicted molar refractivity (Wildman–Crippen MR) is 158 cm³/mol. The number of hydrogen-bond acceptors (Lipinski definition) is 6. The molecule has 0 saturated heterocycles. The number of carboxylic acid groups (broad SMARTS) is 1. The second-order valence-electron chi connectivity index (χ2n) is 9.72. The molecule has 4 aromatic rings. The normalized spacial score (nSPS) is 19.1. The highest BCUT2D eigenvalue weighted by Gasteiger charge is 2.40. The van der Waals surface area contributed by atoms with Crippen molar-refractivity contribution in [3.8, 4) is 0 Å². The number of rotatable bonds is 7. The van der Waals surface area contributed by atoms with E-state index in [1.165, 1.54) is 34.3 Å². The first kappa shape index (κ1) is 25.3. The van der Waals surface area contributed by atoms with Crippen LogP contribution in [0.2, 0.25) is 0 Å². The maximum absolute atomic E-state index is 13.8. The molecular weight excluding hydrogens is 526 g/mol. The molecule has 2 unspecified atom stereocenters. The van der Waals surface area contributed by atoms with Gasteiger partial charge >= 0.3 is 5.97 Å².